The maximum atomic E-state index is 13.1. The number of pyridine rings is 1. The molecule has 0 aliphatic carbocycles. The van der Waals surface area contributed by atoms with Crippen molar-refractivity contribution in [3.8, 4) is 0 Å². The maximum Gasteiger partial charge on any atom is 0.313 e. The number of benzene rings is 1. The van der Waals surface area contributed by atoms with E-state index in [4.69, 9.17) is 5.73 Å². The lowest BCUT2D eigenvalue weighted by atomic mass is 9.81. The van der Waals surface area contributed by atoms with Crippen LogP contribution in [0.4, 0.5) is 11.5 Å². The highest BCUT2D eigenvalue weighted by molar-refractivity contribution is 7.16. The van der Waals surface area contributed by atoms with E-state index in [1.165, 1.54) is 6.20 Å². The van der Waals surface area contributed by atoms with E-state index in [1.54, 1.807) is 29.2 Å². The van der Waals surface area contributed by atoms with E-state index in [-0.39, 0.29) is 0 Å². The lowest BCUT2D eigenvalue weighted by Crippen LogP contribution is -2.53. The Labute approximate surface area is 173 Å². The molecule has 3 aromatic rings. The number of anilines is 2. The molecule has 0 bridgehead atoms. The Morgan fingerprint density at radius 1 is 1.24 bits per heavy atom. The molecule has 7 nitrogen and oxygen atoms in total. The molecule has 0 saturated carbocycles. The predicted octanol–water partition coefficient (Wildman–Crippen LogP) is 3.45. The molecule has 1 saturated heterocycles. The second kappa shape index (κ2) is 7.44. The summed E-state index contributed by atoms with van der Waals surface area (Å²) in [5, 5.41) is 2.66. The van der Waals surface area contributed by atoms with Crippen LogP contribution in [0.2, 0.25) is 0 Å². The van der Waals surface area contributed by atoms with Gasteiger partial charge in [0.15, 0.2) is 0 Å². The molecule has 0 unspecified atom stereocenters. The van der Waals surface area contributed by atoms with Crippen LogP contribution in [0.15, 0.2) is 36.0 Å². The van der Waals surface area contributed by atoms with Gasteiger partial charge in [-0.05, 0) is 62.4 Å². The van der Waals surface area contributed by atoms with Crippen molar-refractivity contribution < 1.29 is 9.59 Å². The quantitative estimate of drug-likeness (QED) is 0.631. The number of nitrogens with two attached hydrogens (primary N) is 1. The highest BCUT2D eigenvalue weighted by Crippen LogP contribution is 2.38. The molecule has 0 spiro atoms. The Morgan fingerprint density at radius 3 is 2.86 bits per heavy atom. The zero-order valence-electron chi connectivity index (χ0n) is 16.4. The predicted molar refractivity (Wildman–Crippen MR) is 115 cm³/mol. The van der Waals surface area contributed by atoms with Crippen molar-refractivity contribution in [2.45, 2.75) is 38.6 Å². The zero-order valence-corrected chi connectivity index (χ0v) is 17.3. The summed E-state index contributed by atoms with van der Waals surface area (Å²) < 4.78 is 1.11. The number of rotatable bonds is 2. The van der Waals surface area contributed by atoms with Gasteiger partial charge < -0.3 is 16.0 Å². The summed E-state index contributed by atoms with van der Waals surface area (Å²) >= 11 is 1.59. The van der Waals surface area contributed by atoms with Crippen molar-refractivity contribution in [1.82, 2.24) is 14.9 Å². The van der Waals surface area contributed by atoms with Crippen LogP contribution in [0.25, 0.3) is 10.2 Å². The van der Waals surface area contributed by atoms with Gasteiger partial charge in [-0.2, -0.15) is 0 Å². The first kappa shape index (κ1) is 19.3. The number of aromatic nitrogens is 2. The van der Waals surface area contributed by atoms with Gasteiger partial charge in [0.1, 0.15) is 5.82 Å². The van der Waals surface area contributed by atoms with Gasteiger partial charge in [-0.1, -0.05) is 6.07 Å². The Bertz CT molecular complexity index is 1100. The molecule has 3 N–H and O–H groups in total. The van der Waals surface area contributed by atoms with Crippen molar-refractivity contribution in [2.75, 3.05) is 17.6 Å². The molecule has 8 heteroatoms. The third-order valence-electron chi connectivity index (χ3n) is 5.66. The number of nitrogen functional groups attached to an aromatic ring is 1. The molecule has 1 aliphatic rings. The van der Waals surface area contributed by atoms with Gasteiger partial charge in [-0.25, -0.2) is 9.97 Å². The third-order valence-corrected chi connectivity index (χ3v) is 6.47. The number of aryl methyl sites for hydroxylation is 1. The molecular formula is C21H23N5O2S. The van der Waals surface area contributed by atoms with E-state index < -0.39 is 17.4 Å². The monoisotopic (exact) mass is 409 g/mol. The summed E-state index contributed by atoms with van der Waals surface area (Å²) in [6.45, 7) is 4.37. The van der Waals surface area contributed by atoms with Gasteiger partial charge in [0.2, 0.25) is 0 Å². The SMILES string of the molecule is Cc1cc(NC(=O)C(=O)N2CCCC[C@]2(C)c2ccc3scnc3c2)cnc1N. The Balaban J connectivity index is 1.60. The summed E-state index contributed by atoms with van der Waals surface area (Å²) in [5.41, 5.74) is 10.1. The summed E-state index contributed by atoms with van der Waals surface area (Å²) in [4.78, 5) is 36.0. The molecule has 1 aliphatic heterocycles. The topological polar surface area (TPSA) is 101 Å². The molecule has 4 rings (SSSR count). The van der Waals surface area contributed by atoms with E-state index in [1.807, 2.05) is 30.6 Å². The zero-order chi connectivity index (χ0) is 20.6. The minimum atomic E-state index is -0.668. The number of hydrogen-bond acceptors (Lipinski definition) is 6. The van der Waals surface area contributed by atoms with Crippen LogP contribution in [-0.2, 0) is 15.1 Å². The number of carbonyl (C=O) groups excluding carboxylic acids is 2. The number of nitrogens with zero attached hydrogens (tertiary/aromatic N) is 3. The average Bonchev–Trinajstić information content (AvgIpc) is 3.18. The van der Waals surface area contributed by atoms with Crippen molar-refractivity contribution >= 4 is 44.9 Å². The Hall–Kier alpha value is -3.00. The molecule has 29 heavy (non-hydrogen) atoms. The van der Waals surface area contributed by atoms with Crippen LogP contribution in [0.3, 0.4) is 0 Å². The van der Waals surface area contributed by atoms with Crippen molar-refractivity contribution in [3.05, 3.63) is 47.1 Å². The van der Waals surface area contributed by atoms with Crippen molar-refractivity contribution in [1.29, 1.82) is 0 Å². The number of nitrogens with one attached hydrogen (secondary N) is 1. The molecule has 1 fully saturated rings. The number of piperidine rings is 1. The van der Waals surface area contributed by atoms with Gasteiger partial charge >= 0.3 is 11.8 Å². The minimum absolute atomic E-state index is 0.398. The molecule has 0 radical (unpaired) electrons. The molecule has 2 amide bonds. The largest absolute Gasteiger partial charge is 0.383 e. The minimum Gasteiger partial charge on any atom is -0.383 e. The second-order valence-corrected chi connectivity index (χ2v) is 8.49. The van der Waals surface area contributed by atoms with Crippen LogP contribution in [-0.4, -0.2) is 33.2 Å². The highest BCUT2D eigenvalue weighted by atomic mass is 32.1. The number of carbonyl (C=O) groups is 2. The van der Waals surface area contributed by atoms with E-state index >= 15 is 0 Å². The van der Waals surface area contributed by atoms with Gasteiger partial charge in [-0.15, -0.1) is 11.3 Å². The number of thiazole rings is 1. The van der Waals surface area contributed by atoms with Crippen molar-refractivity contribution in [2.24, 2.45) is 0 Å². The first-order valence-electron chi connectivity index (χ1n) is 9.57. The standard InChI is InChI=1S/C21H23N5O2S/c1-13-9-15(11-23-18(13)22)25-19(27)20(28)26-8-4-3-7-21(26,2)14-5-6-17-16(10-14)24-12-29-17/h5-6,9-12H,3-4,7-8H2,1-2H3,(H2,22,23)(H,25,27)/t21-/m1/s1. The summed E-state index contributed by atoms with van der Waals surface area (Å²) in [5.74, 6) is -0.811. The number of fused-ring (bicyclic) bond motifs is 1. The fourth-order valence-electron chi connectivity index (χ4n) is 3.90. The molecule has 3 heterocycles. The first-order chi connectivity index (χ1) is 13.9. The normalized spacial score (nSPS) is 19.3. The molecule has 2 aromatic heterocycles. The van der Waals surface area contributed by atoms with Crippen LogP contribution in [0.5, 0.6) is 0 Å². The smallest absolute Gasteiger partial charge is 0.313 e. The Morgan fingerprint density at radius 2 is 2.07 bits per heavy atom. The molecule has 1 aromatic carbocycles. The van der Waals surface area contributed by atoms with Gasteiger partial charge in [0, 0.05) is 6.54 Å². The summed E-state index contributed by atoms with van der Waals surface area (Å²) in [6, 6.07) is 7.81. The van der Waals surface area contributed by atoms with Gasteiger partial charge in [0.25, 0.3) is 0 Å². The van der Waals surface area contributed by atoms with Gasteiger partial charge in [0.05, 0.1) is 33.2 Å². The molecule has 150 valence electrons. The lowest BCUT2D eigenvalue weighted by Gasteiger charge is -2.45. The Kier molecular flexibility index (Phi) is 4.96. The van der Waals surface area contributed by atoms with E-state index in [9.17, 15) is 9.59 Å². The third kappa shape index (κ3) is 3.55. The van der Waals surface area contributed by atoms with E-state index in [2.05, 4.69) is 15.3 Å². The fourth-order valence-corrected chi connectivity index (χ4v) is 4.56. The molecule has 1 atom stereocenters. The number of amides is 2. The second-order valence-electron chi connectivity index (χ2n) is 7.60. The fraction of sp³-hybridized carbons (Fsp3) is 0.333. The van der Waals surface area contributed by atoms with Crippen LogP contribution < -0.4 is 11.1 Å². The lowest BCUT2D eigenvalue weighted by molar-refractivity contribution is -0.149. The van der Waals surface area contributed by atoms with E-state index in [0.29, 0.717) is 18.1 Å². The van der Waals surface area contributed by atoms with Gasteiger partial charge in [-0.3, -0.25) is 9.59 Å². The summed E-state index contributed by atoms with van der Waals surface area (Å²) in [6.07, 6.45) is 4.12. The van der Waals surface area contributed by atoms with Crippen LogP contribution in [0.1, 0.15) is 37.3 Å². The summed E-state index contributed by atoms with van der Waals surface area (Å²) in [7, 11) is 0. The highest BCUT2D eigenvalue weighted by Gasteiger charge is 2.41. The van der Waals surface area contributed by atoms with Crippen LogP contribution >= 0.6 is 11.3 Å². The van der Waals surface area contributed by atoms with E-state index in [0.717, 1.165) is 40.6 Å². The van der Waals surface area contributed by atoms with Crippen molar-refractivity contribution in [3.63, 3.8) is 0 Å². The number of likely N-dealkylation sites (tertiary alicyclic amines) is 1. The number of hydrogen-bond donors (Lipinski definition) is 2. The average molecular weight is 410 g/mol. The molecular weight excluding hydrogens is 386 g/mol. The first-order valence-corrected chi connectivity index (χ1v) is 10.5. The maximum absolute atomic E-state index is 13.1. The van der Waals surface area contributed by atoms with Crippen LogP contribution in [0, 0.1) is 6.92 Å².